The van der Waals surface area contributed by atoms with Crippen LogP contribution in [0.1, 0.15) is 19.2 Å². The minimum Gasteiger partial charge on any atom is -0.439 e. The highest BCUT2D eigenvalue weighted by atomic mass is 35.5. The molecule has 0 saturated carbocycles. The van der Waals surface area contributed by atoms with Crippen molar-refractivity contribution < 1.29 is 4.74 Å². The van der Waals surface area contributed by atoms with E-state index in [-0.39, 0.29) is 0 Å². The van der Waals surface area contributed by atoms with E-state index >= 15 is 0 Å². The Labute approximate surface area is 128 Å². The minimum atomic E-state index is 0.407. The highest BCUT2D eigenvalue weighted by Crippen LogP contribution is 2.25. The van der Waals surface area contributed by atoms with Crippen molar-refractivity contribution in [2.45, 2.75) is 19.8 Å². The minimum absolute atomic E-state index is 0.407. The lowest BCUT2D eigenvalue weighted by Crippen LogP contribution is -1.97. The molecule has 0 atom stereocenters. The highest BCUT2D eigenvalue weighted by molar-refractivity contribution is 6.29. The van der Waals surface area contributed by atoms with Crippen molar-refractivity contribution in [1.82, 2.24) is 9.97 Å². The van der Waals surface area contributed by atoms with Crippen LogP contribution in [0.2, 0.25) is 5.15 Å². The summed E-state index contributed by atoms with van der Waals surface area (Å²) in [6.07, 6.45) is 1.75. The van der Waals surface area contributed by atoms with E-state index in [4.69, 9.17) is 16.3 Å². The molecule has 1 heterocycles. The largest absolute Gasteiger partial charge is 0.439 e. The number of fused-ring (bicyclic) bond motifs is 1. The third-order valence-corrected chi connectivity index (χ3v) is 3.33. The quantitative estimate of drug-likeness (QED) is 0.634. The number of halogens is 1. The van der Waals surface area contributed by atoms with E-state index in [9.17, 15) is 0 Å². The van der Waals surface area contributed by atoms with Crippen LogP contribution in [0.15, 0.2) is 48.5 Å². The smallest absolute Gasteiger partial charge is 0.224 e. The first-order valence-corrected chi connectivity index (χ1v) is 7.32. The normalized spacial score (nSPS) is 10.8. The maximum absolute atomic E-state index is 6.02. The first-order chi connectivity index (χ1) is 10.2. The van der Waals surface area contributed by atoms with Crippen molar-refractivity contribution in [3.63, 3.8) is 0 Å². The number of nitrogens with zero attached hydrogens (tertiary/aromatic N) is 2. The van der Waals surface area contributed by atoms with Gasteiger partial charge in [0.15, 0.2) is 0 Å². The van der Waals surface area contributed by atoms with Crippen molar-refractivity contribution in [3.8, 4) is 11.6 Å². The SMILES string of the molecule is CCCc1nc(Cl)cc(Oc2ccc3ccccc3c2)n1. The van der Waals surface area contributed by atoms with Gasteiger partial charge in [-0.2, -0.15) is 4.98 Å². The average Bonchev–Trinajstić information content (AvgIpc) is 2.47. The maximum Gasteiger partial charge on any atom is 0.224 e. The summed E-state index contributed by atoms with van der Waals surface area (Å²) in [7, 11) is 0. The number of hydrogen-bond donors (Lipinski definition) is 0. The summed E-state index contributed by atoms with van der Waals surface area (Å²) in [5.41, 5.74) is 0. The summed E-state index contributed by atoms with van der Waals surface area (Å²) in [4.78, 5) is 8.57. The molecule has 0 bridgehead atoms. The second-order valence-electron chi connectivity index (χ2n) is 4.81. The third-order valence-electron chi connectivity index (χ3n) is 3.13. The molecule has 0 aliphatic rings. The van der Waals surface area contributed by atoms with Crippen molar-refractivity contribution in [3.05, 3.63) is 59.5 Å². The van der Waals surface area contributed by atoms with Gasteiger partial charge < -0.3 is 4.74 Å². The van der Waals surface area contributed by atoms with Gasteiger partial charge in [0.2, 0.25) is 5.88 Å². The molecule has 0 fully saturated rings. The van der Waals surface area contributed by atoms with Gasteiger partial charge in [0, 0.05) is 12.5 Å². The number of hydrogen-bond acceptors (Lipinski definition) is 3. The molecule has 0 saturated heterocycles. The molecule has 0 amide bonds. The van der Waals surface area contributed by atoms with Gasteiger partial charge >= 0.3 is 0 Å². The Kier molecular flexibility index (Phi) is 4.02. The van der Waals surface area contributed by atoms with E-state index in [0.717, 1.165) is 24.0 Å². The molecule has 21 heavy (non-hydrogen) atoms. The van der Waals surface area contributed by atoms with Gasteiger partial charge in [-0.15, -0.1) is 0 Å². The zero-order chi connectivity index (χ0) is 14.7. The number of ether oxygens (including phenoxy) is 1. The van der Waals surface area contributed by atoms with Crippen LogP contribution < -0.4 is 4.74 Å². The molecule has 3 rings (SSSR count). The number of aryl methyl sites for hydroxylation is 1. The molecule has 106 valence electrons. The molecule has 1 aromatic heterocycles. The van der Waals surface area contributed by atoms with Crippen LogP contribution in [0.3, 0.4) is 0 Å². The van der Waals surface area contributed by atoms with E-state index in [2.05, 4.69) is 29.0 Å². The summed E-state index contributed by atoms with van der Waals surface area (Å²) < 4.78 is 5.82. The van der Waals surface area contributed by atoms with E-state index in [1.54, 1.807) is 6.07 Å². The highest BCUT2D eigenvalue weighted by Gasteiger charge is 2.05. The Bertz CT molecular complexity index is 774. The first-order valence-electron chi connectivity index (χ1n) is 6.95. The van der Waals surface area contributed by atoms with E-state index in [1.807, 2.05) is 30.3 Å². The van der Waals surface area contributed by atoms with Gasteiger partial charge in [-0.05, 0) is 29.3 Å². The van der Waals surface area contributed by atoms with Gasteiger partial charge in [0.05, 0.1) is 0 Å². The van der Waals surface area contributed by atoms with Crippen molar-refractivity contribution >= 4 is 22.4 Å². The molecule has 0 radical (unpaired) electrons. The lowest BCUT2D eigenvalue weighted by atomic mass is 10.1. The molecular formula is C17H15ClN2O. The van der Waals surface area contributed by atoms with Crippen molar-refractivity contribution in [1.29, 1.82) is 0 Å². The maximum atomic E-state index is 6.02. The molecule has 2 aromatic carbocycles. The summed E-state index contributed by atoms with van der Waals surface area (Å²) in [6, 6.07) is 15.7. The van der Waals surface area contributed by atoms with Crippen LogP contribution in [0.25, 0.3) is 10.8 Å². The topological polar surface area (TPSA) is 35.0 Å². The van der Waals surface area contributed by atoms with Crippen LogP contribution >= 0.6 is 11.6 Å². The van der Waals surface area contributed by atoms with Crippen molar-refractivity contribution in [2.75, 3.05) is 0 Å². The second-order valence-corrected chi connectivity index (χ2v) is 5.19. The lowest BCUT2D eigenvalue weighted by molar-refractivity contribution is 0.459. The van der Waals surface area contributed by atoms with Gasteiger partial charge in [0.25, 0.3) is 0 Å². The standard InChI is InChI=1S/C17H15ClN2O/c1-2-5-16-19-15(18)11-17(20-16)21-14-9-8-12-6-3-4-7-13(12)10-14/h3-4,6-11H,2,5H2,1H3. The van der Waals surface area contributed by atoms with Crippen molar-refractivity contribution in [2.24, 2.45) is 0 Å². The van der Waals surface area contributed by atoms with Gasteiger partial charge in [-0.25, -0.2) is 4.98 Å². The second kappa shape index (κ2) is 6.10. The molecular weight excluding hydrogens is 284 g/mol. The van der Waals surface area contributed by atoms with Crippen LogP contribution in [-0.4, -0.2) is 9.97 Å². The Morgan fingerprint density at radius 3 is 2.62 bits per heavy atom. The van der Waals surface area contributed by atoms with Gasteiger partial charge in [-0.3, -0.25) is 0 Å². The molecule has 0 unspecified atom stereocenters. The van der Waals surface area contributed by atoms with E-state index < -0.39 is 0 Å². The fourth-order valence-corrected chi connectivity index (χ4v) is 2.37. The fourth-order valence-electron chi connectivity index (χ4n) is 2.18. The van der Waals surface area contributed by atoms with Gasteiger partial charge in [-0.1, -0.05) is 48.9 Å². The lowest BCUT2D eigenvalue weighted by Gasteiger charge is -2.07. The van der Waals surface area contributed by atoms with Crippen LogP contribution in [-0.2, 0) is 6.42 Å². The zero-order valence-corrected chi connectivity index (χ0v) is 12.5. The van der Waals surface area contributed by atoms with Crippen LogP contribution in [0, 0.1) is 0 Å². The fraction of sp³-hybridized carbons (Fsp3) is 0.176. The van der Waals surface area contributed by atoms with Gasteiger partial charge in [0.1, 0.15) is 16.7 Å². The first kappa shape index (κ1) is 13.8. The molecule has 0 spiro atoms. The van der Waals surface area contributed by atoms with E-state index in [1.165, 1.54) is 5.39 Å². The molecule has 3 nitrogen and oxygen atoms in total. The predicted molar refractivity (Wildman–Crippen MR) is 85.1 cm³/mol. The Morgan fingerprint density at radius 2 is 1.81 bits per heavy atom. The summed E-state index contributed by atoms with van der Waals surface area (Å²) >= 11 is 6.02. The number of rotatable bonds is 4. The Hall–Kier alpha value is -2.13. The third kappa shape index (κ3) is 3.31. The summed E-state index contributed by atoms with van der Waals surface area (Å²) in [5.74, 6) is 1.93. The Balaban J connectivity index is 1.90. The van der Waals surface area contributed by atoms with Crippen LogP contribution in [0.4, 0.5) is 0 Å². The summed E-state index contributed by atoms with van der Waals surface area (Å²) in [5, 5.41) is 2.71. The molecule has 3 aromatic rings. The average molecular weight is 299 g/mol. The van der Waals surface area contributed by atoms with E-state index in [0.29, 0.717) is 16.9 Å². The monoisotopic (exact) mass is 298 g/mol. The molecule has 0 N–H and O–H groups in total. The predicted octanol–water partition coefficient (Wildman–Crippen LogP) is 5.03. The molecule has 0 aliphatic carbocycles. The zero-order valence-electron chi connectivity index (χ0n) is 11.7. The molecule has 4 heteroatoms. The van der Waals surface area contributed by atoms with Crippen LogP contribution in [0.5, 0.6) is 11.6 Å². The number of aromatic nitrogens is 2. The summed E-state index contributed by atoms with van der Waals surface area (Å²) in [6.45, 7) is 2.08. The number of benzene rings is 2. The molecule has 0 aliphatic heterocycles. The Morgan fingerprint density at radius 1 is 1.00 bits per heavy atom.